The number of nitrogens with zero attached hydrogens (tertiary/aromatic N) is 2. The summed E-state index contributed by atoms with van der Waals surface area (Å²) in [6.07, 6.45) is 0. The van der Waals surface area contributed by atoms with E-state index in [2.05, 4.69) is 182 Å². The Balaban J connectivity index is 1.28. The molecule has 0 aliphatic heterocycles. The zero-order valence-corrected chi connectivity index (χ0v) is 31.7. The van der Waals surface area contributed by atoms with Gasteiger partial charge < -0.3 is 0 Å². The number of thiophene rings is 2. The van der Waals surface area contributed by atoms with Gasteiger partial charge in [-0.15, -0.1) is 22.7 Å². The molecule has 0 N–H and O–H groups in total. The average molecular weight is 747 g/mol. The molecule has 0 bridgehead atoms. The first-order valence-electron chi connectivity index (χ1n) is 18.9. The summed E-state index contributed by atoms with van der Waals surface area (Å²) in [5.74, 6) is 0. The minimum atomic E-state index is 0.874. The molecule has 0 fully saturated rings. The van der Waals surface area contributed by atoms with Crippen LogP contribution in [-0.4, -0.2) is 9.97 Å². The average Bonchev–Trinajstić information content (AvgIpc) is 3.85. The minimum absolute atomic E-state index is 0.874. The van der Waals surface area contributed by atoms with Crippen LogP contribution in [-0.2, 0) is 0 Å². The van der Waals surface area contributed by atoms with Crippen molar-refractivity contribution in [2.45, 2.75) is 0 Å². The van der Waals surface area contributed by atoms with E-state index in [1.165, 1.54) is 62.2 Å². The van der Waals surface area contributed by atoms with E-state index in [1.807, 2.05) is 22.7 Å². The molecule has 4 heteroatoms. The zero-order chi connectivity index (χ0) is 36.7. The molecule has 3 aromatic heterocycles. The number of aromatic nitrogens is 2. The standard InChI is InChI=1S/C52H30N2S2/c1-2-15-31(16-3-1)47-50(54-49-39-22-7-5-18-33(39)32-17-4-6-21-38(32)48(49)53-47)46-36(42-27-13-25-40-34-19-8-10-29-44(34)55-51(40)42)23-12-24-37(46)43-28-14-26-41-35-20-9-11-30-45(35)56-52(41)43/h1-30H. The van der Waals surface area contributed by atoms with Gasteiger partial charge in [-0.25, -0.2) is 9.97 Å². The molecule has 0 saturated heterocycles. The summed E-state index contributed by atoms with van der Waals surface area (Å²) in [5.41, 5.74) is 10.4. The van der Waals surface area contributed by atoms with Gasteiger partial charge in [0, 0.05) is 73.4 Å². The van der Waals surface area contributed by atoms with Gasteiger partial charge in [-0.3, -0.25) is 0 Å². The molecule has 12 rings (SSSR count). The van der Waals surface area contributed by atoms with Crippen molar-refractivity contribution in [1.82, 2.24) is 9.97 Å². The second-order valence-corrected chi connectivity index (χ2v) is 16.5. The molecule has 0 aliphatic rings. The molecule has 12 aromatic rings. The summed E-state index contributed by atoms with van der Waals surface area (Å²) in [4.78, 5) is 11.6. The summed E-state index contributed by atoms with van der Waals surface area (Å²) in [7, 11) is 0. The van der Waals surface area contributed by atoms with Crippen LogP contribution >= 0.6 is 22.7 Å². The second-order valence-electron chi connectivity index (χ2n) is 14.4. The van der Waals surface area contributed by atoms with Gasteiger partial charge in [0.05, 0.1) is 22.4 Å². The van der Waals surface area contributed by atoms with E-state index in [0.29, 0.717) is 0 Å². The van der Waals surface area contributed by atoms with Crippen LogP contribution in [0.3, 0.4) is 0 Å². The number of fused-ring (bicyclic) bond motifs is 12. The molecule has 2 nitrogen and oxygen atoms in total. The Labute approximate surface area is 330 Å². The highest BCUT2D eigenvalue weighted by atomic mass is 32.1. The van der Waals surface area contributed by atoms with Crippen LogP contribution in [0.15, 0.2) is 182 Å². The molecular weight excluding hydrogens is 717 g/mol. The van der Waals surface area contributed by atoms with Gasteiger partial charge in [0.15, 0.2) is 0 Å². The number of hydrogen-bond donors (Lipinski definition) is 0. The predicted molar refractivity (Wildman–Crippen MR) is 242 cm³/mol. The highest BCUT2D eigenvalue weighted by Crippen LogP contribution is 2.50. The van der Waals surface area contributed by atoms with Crippen molar-refractivity contribution in [2.75, 3.05) is 0 Å². The van der Waals surface area contributed by atoms with E-state index in [9.17, 15) is 0 Å². The van der Waals surface area contributed by atoms with E-state index >= 15 is 0 Å². The molecule has 56 heavy (non-hydrogen) atoms. The first kappa shape index (κ1) is 31.6. The summed E-state index contributed by atoms with van der Waals surface area (Å²) < 4.78 is 5.13. The lowest BCUT2D eigenvalue weighted by molar-refractivity contribution is 1.31. The maximum Gasteiger partial charge on any atom is 0.0985 e. The van der Waals surface area contributed by atoms with E-state index < -0.39 is 0 Å². The number of rotatable bonds is 4. The Kier molecular flexibility index (Phi) is 7.00. The first-order chi connectivity index (χ1) is 27.8. The van der Waals surface area contributed by atoms with E-state index in [4.69, 9.17) is 9.97 Å². The predicted octanol–water partition coefficient (Wildman–Crippen LogP) is 15.3. The molecule has 0 amide bonds. The topological polar surface area (TPSA) is 25.8 Å². The number of benzene rings is 9. The maximum absolute atomic E-state index is 5.86. The van der Waals surface area contributed by atoms with Crippen LogP contribution in [0.4, 0.5) is 0 Å². The third-order valence-electron chi connectivity index (χ3n) is 11.3. The van der Waals surface area contributed by atoms with Crippen LogP contribution in [0, 0.1) is 0 Å². The van der Waals surface area contributed by atoms with Gasteiger partial charge in [-0.1, -0.05) is 170 Å². The van der Waals surface area contributed by atoms with E-state index in [-0.39, 0.29) is 0 Å². The maximum atomic E-state index is 5.86. The molecular formula is C52H30N2S2. The normalized spacial score (nSPS) is 11.9. The van der Waals surface area contributed by atoms with Crippen LogP contribution < -0.4 is 0 Å². The van der Waals surface area contributed by atoms with Crippen molar-refractivity contribution in [1.29, 1.82) is 0 Å². The second kappa shape index (κ2) is 12.4. The monoisotopic (exact) mass is 746 g/mol. The highest BCUT2D eigenvalue weighted by molar-refractivity contribution is 7.26. The molecule has 9 aromatic carbocycles. The summed E-state index contributed by atoms with van der Waals surface area (Å²) >= 11 is 3.73. The molecule has 0 unspecified atom stereocenters. The molecule has 0 spiro atoms. The van der Waals surface area contributed by atoms with E-state index in [1.54, 1.807) is 0 Å². The lowest BCUT2D eigenvalue weighted by Crippen LogP contribution is -2.00. The van der Waals surface area contributed by atoms with Gasteiger partial charge in [-0.05, 0) is 34.0 Å². The van der Waals surface area contributed by atoms with Crippen LogP contribution in [0.25, 0.3) is 118 Å². The summed E-state index contributed by atoms with van der Waals surface area (Å²) in [6, 6.07) is 65.8. The van der Waals surface area contributed by atoms with Crippen molar-refractivity contribution in [2.24, 2.45) is 0 Å². The first-order valence-corrected chi connectivity index (χ1v) is 20.5. The summed E-state index contributed by atoms with van der Waals surface area (Å²) in [6.45, 7) is 0. The smallest absolute Gasteiger partial charge is 0.0985 e. The van der Waals surface area contributed by atoms with Crippen LogP contribution in [0.1, 0.15) is 0 Å². The largest absolute Gasteiger partial charge is 0.243 e. The fourth-order valence-electron chi connectivity index (χ4n) is 8.81. The quantitative estimate of drug-likeness (QED) is 0.168. The van der Waals surface area contributed by atoms with Crippen molar-refractivity contribution in [3.63, 3.8) is 0 Å². The zero-order valence-electron chi connectivity index (χ0n) is 30.0. The fourth-order valence-corrected chi connectivity index (χ4v) is 11.3. The minimum Gasteiger partial charge on any atom is -0.243 e. The number of hydrogen-bond acceptors (Lipinski definition) is 4. The Morgan fingerprint density at radius 3 is 1.21 bits per heavy atom. The van der Waals surface area contributed by atoms with E-state index in [0.717, 1.165) is 55.4 Å². The molecule has 0 aliphatic carbocycles. The van der Waals surface area contributed by atoms with Gasteiger partial charge in [0.2, 0.25) is 0 Å². The highest BCUT2D eigenvalue weighted by Gasteiger charge is 2.25. The van der Waals surface area contributed by atoms with Gasteiger partial charge in [0.25, 0.3) is 0 Å². The molecule has 3 heterocycles. The Hall–Kier alpha value is -6.72. The van der Waals surface area contributed by atoms with Crippen LogP contribution in [0.5, 0.6) is 0 Å². The molecule has 260 valence electrons. The van der Waals surface area contributed by atoms with Crippen molar-refractivity contribution in [3.05, 3.63) is 182 Å². The lowest BCUT2D eigenvalue weighted by Gasteiger charge is -2.20. The van der Waals surface area contributed by atoms with Crippen molar-refractivity contribution >= 4 is 95.6 Å². The SMILES string of the molecule is c1ccc(-c2nc3c4ccccc4c4ccccc4c3nc2-c2c(-c3cccc4c3sc3ccccc34)cccc2-c2cccc3c2sc2ccccc23)cc1. The van der Waals surface area contributed by atoms with Gasteiger partial charge >= 0.3 is 0 Å². The Morgan fingerprint density at radius 1 is 0.286 bits per heavy atom. The van der Waals surface area contributed by atoms with Crippen LogP contribution in [0.2, 0.25) is 0 Å². The Morgan fingerprint density at radius 2 is 0.679 bits per heavy atom. The Bertz CT molecular complexity index is 3410. The van der Waals surface area contributed by atoms with Gasteiger partial charge in [0.1, 0.15) is 0 Å². The molecule has 0 atom stereocenters. The van der Waals surface area contributed by atoms with Gasteiger partial charge in [-0.2, -0.15) is 0 Å². The fraction of sp³-hybridized carbons (Fsp3) is 0. The molecule has 0 saturated carbocycles. The summed E-state index contributed by atoms with van der Waals surface area (Å²) in [5, 5.41) is 9.70. The van der Waals surface area contributed by atoms with Crippen molar-refractivity contribution < 1.29 is 0 Å². The third kappa shape index (κ3) is 4.67. The third-order valence-corrected chi connectivity index (χ3v) is 13.7. The van der Waals surface area contributed by atoms with Crippen molar-refractivity contribution in [3.8, 4) is 44.8 Å². The lowest BCUT2D eigenvalue weighted by atomic mass is 9.87. The molecule has 0 radical (unpaired) electrons.